The lowest BCUT2D eigenvalue weighted by atomic mass is 9.96. The fourth-order valence-electron chi connectivity index (χ4n) is 3.88. The molecular weight excluding hydrogens is 582 g/mol. The molecule has 0 saturated carbocycles. The molecule has 0 aromatic heterocycles. The minimum absolute atomic E-state index is 0.00944. The SMILES string of the molecule is Cc1ccc(-c2ccc(-c3cc(C)c(C#Cc4cc(F)c(C#CS(F)(F)(F)(F)F)c(F)c4)c(F)c3)c(F)c2)c(F)c1. The summed E-state index contributed by atoms with van der Waals surface area (Å²) < 4.78 is 134. The third-order valence-corrected chi connectivity index (χ3v) is 6.23. The first-order valence-electron chi connectivity index (χ1n) is 11.5. The van der Waals surface area contributed by atoms with Crippen LogP contribution >= 0.6 is 10.2 Å². The van der Waals surface area contributed by atoms with Crippen molar-refractivity contribution >= 4 is 10.2 Å². The second-order valence-electron chi connectivity index (χ2n) is 9.09. The summed E-state index contributed by atoms with van der Waals surface area (Å²) in [5, 5.41) is -0.271. The summed E-state index contributed by atoms with van der Waals surface area (Å²) in [7, 11) is -10.2. The van der Waals surface area contributed by atoms with Crippen LogP contribution in [0.4, 0.5) is 41.4 Å². The summed E-state index contributed by atoms with van der Waals surface area (Å²) in [6, 6.07) is 11.7. The maximum Gasteiger partial charge on any atom is 0.345 e. The fourth-order valence-corrected chi connectivity index (χ4v) is 4.17. The molecule has 0 atom stereocenters. The van der Waals surface area contributed by atoms with E-state index in [-0.39, 0.29) is 38.6 Å². The van der Waals surface area contributed by atoms with Crippen LogP contribution < -0.4 is 0 Å². The van der Waals surface area contributed by atoms with Crippen molar-refractivity contribution in [1.82, 2.24) is 0 Å². The van der Waals surface area contributed by atoms with Gasteiger partial charge in [-0.05, 0) is 78.4 Å². The van der Waals surface area contributed by atoms with E-state index in [0.29, 0.717) is 17.7 Å². The summed E-state index contributed by atoms with van der Waals surface area (Å²) in [4.78, 5) is 0. The van der Waals surface area contributed by atoms with E-state index in [1.54, 1.807) is 13.0 Å². The van der Waals surface area contributed by atoms with Crippen LogP contribution in [0.1, 0.15) is 27.8 Å². The fraction of sp³-hybridized carbons (Fsp3) is 0.0667. The molecule has 0 N–H and O–H groups in total. The van der Waals surface area contributed by atoms with Crippen molar-refractivity contribution in [3.63, 3.8) is 0 Å². The second-order valence-corrected chi connectivity index (χ2v) is 11.2. The van der Waals surface area contributed by atoms with Gasteiger partial charge in [0.2, 0.25) is 0 Å². The Bertz CT molecular complexity index is 1810. The van der Waals surface area contributed by atoms with Crippen LogP contribution in [0.3, 0.4) is 0 Å². The maximum absolute atomic E-state index is 15.0. The second kappa shape index (κ2) is 9.64. The number of hydrogen-bond acceptors (Lipinski definition) is 0. The van der Waals surface area contributed by atoms with Gasteiger partial charge in [-0.25, -0.2) is 22.0 Å². The van der Waals surface area contributed by atoms with Crippen LogP contribution in [-0.4, -0.2) is 0 Å². The number of aryl methyl sites for hydroxylation is 2. The Kier molecular flexibility index (Phi) is 6.96. The minimum atomic E-state index is -10.2. The highest BCUT2D eigenvalue weighted by Gasteiger charge is 2.62. The highest BCUT2D eigenvalue weighted by Crippen LogP contribution is 2.97. The molecule has 0 aliphatic carbocycles. The first kappa shape index (κ1) is 29.6. The van der Waals surface area contributed by atoms with Crippen molar-refractivity contribution in [2.45, 2.75) is 13.8 Å². The van der Waals surface area contributed by atoms with E-state index < -0.39 is 50.4 Å². The lowest BCUT2D eigenvalue weighted by Gasteiger charge is -2.33. The van der Waals surface area contributed by atoms with Gasteiger partial charge >= 0.3 is 10.2 Å². The van der Waals surface area contributed by atoms with Crippen molar-refractivity contribution in [2.24, 2.45) is 0 Å². The predicted molar refractivity (Wildman–Crippen MR) is 139 cm³/mol. The van der Waals surface area contributed by atoms with Crippen molar-refractivity contribution in [2.75, 3.05) is 0 Å². The molecule has 41 heavy (non-hydrogen) atoms. The Labute approximate surface area is 228 Å². The third-order valence-electron chi connectivity index (χ3n) is 5.75. The Morgan fingerprint density at radius 2 is 1.05 bits per heavy atom. The molecule has 4 aromatic rings. The zero-order valence-corrected chi connectivity index (χ0v) is 21.8. The first-order valence-corrected chi connectivity index (χ1v) is 13.4. The molecule has 0 spiro atoms. The van der Waals surface area contributed by atoms with Gasteiger partial charge in [0.25, 0.3) is 0 Å². The maximum atomic E-state index is 15.0. The van der Waals surface area contributed by atoms with Gasteiger partial charge in [-0.2, -0.15) is 0 Å². The zero-order chi connectivity index (χ0) is 30.4. The zero-order valence-electron chi connectivity index (χ0n) is 21.0. The van der Waals surface area contributed by atoms with Crippen LogP contribution in [0.2, 0.25) is 0 Å². The van der Waals surface area contributed by atoms with Gasteiger partial charge in [0.15, 0.2) is 0 Å². The molecule has 0 heterocycles. The molecule has 11 heteroatoms. The summed E-state index contributed by atoms with van der Waals surface area (Å²) in [5.41, 5.74) is -0.709. The number of halogens is 10. The average molecular weight is 599 g/mol. The molecule has 212 valence electrons. The van der Waals surface area contributed by atoms with Crippen LogP contribution in [-0.2, 0) is 0 Å². The molecule has 0 aliphatic heterocycles. The largest absolute Gasteiger partial charge is 0.345 e. The van der Waals surface area contributed by atoms with Crippen molar-refractivity contribution < 1.29 is 41.4 Å². The van der Waals surface area contributed by atoms with E-state index in [9.17, 15) is 41.4 Å². The Morgan fingerprint density at radius 3 is 1.61 bits per heavy atom. The van der Waals surface area contributed by atoms with E-state index in [1.165, 1.54) is 37.3 Å². The molecule has 0 bridgehead atoms. The molecule has 0 radical (unpaired) electrons. The summed E-state index contributed by atoms with van der Waals surface area (Å²) in [6.07, 6.45) is 0. The van der Waals surface area contributed by atoms with Gasteiger partial charge < -0.3 is 0 Å². The lowest BCUT2D eigenvalue weighted by Crippen LogP contribution is -2.01. The van der Waals surface area contributed by atoms with Gasteiger partial charge in [0, 0.05) is 16.7 Å². The van der Waals surface area contributed by atoms with Crippen molar-refractivity contribution in [3.05, 3.63) is 118 Å². The third kappa shape index (κ3) is 7.24. The van der Waals surface area contributed by atoms with E-state index in [2.05, 4.69) is 11.8 Å². The van der Waals surface area contributed by atoms with Gasteiger partial charge in [-0.1, -0.05) is 55.5 Å². The molecule has 0 saturated heterocycles. The average Bonchev–Trinajstić information content (AvgIpc) is 2.81. The number of benzene rings is 4. The first-order chi connectivity index (χ1) is 18.8. The molecule has 0 nitrogen and oxygen atoms in total. The van der Waals surface area contributed by atoms with Crippen LogP contribution in [0.15, 0.2) is 60.7 Å². The van der Waals surface area contributed by atoms with E-state index in [1.807, 2.05) is 0 Å². The lowest BCUT2D eigenvalue weighted by molar-refractivity contribution is 0.388. The van der Waals surface area contributed by atoms with Crippen LogP contribution in [0.25, 0.3) is 22.3 Å². The van der Waals surface area contributed by atoms with Gasteiger partial charge in [0.1, 0.15) is 29.1 Å². The van der Waals surface area contributed by atoms with Crippen LogP contribution in [0, 0.1) is 65.9 Å². The van der Waals surface area contributed by atoms with Crippen LogP contribution in [0.5, 0.6) is 0 Å². The minimum Gasteiger partial charge on any atom is -0.206 e. The predicted octanol–water partition coefficient (Wildman–Crippen LogP) is 10.3. The quantitative estimate of drug-likeness (QED) is 0.159. The topological polar surface area (TPSA) is 0 Å². The summed E-state index contributed by atoms with van der Waals surface area (Å²) >= 11 is 0. The van der Waals surface area contributed by atoms with E-state index >= 15 is 0 Å². The Hall–Kier alpha value is -4.35. The molecule has 0 unspecified atom stereocenters. The number of rotatable bonds is 2. The smallest absolute Gasteiger partial charge is 0.206 e. The highest BCUT2D eigenvalue weighted by atomic mass is 32.5. The monoisotopic (exact) mass is 598 g/mol. The molecule has 0 fully saturated rings. The molecule has 0 amide bonds. The normalized spacial score (nSPS) is 12.9. The van der Waals surface area contributed by atoms with Gasteiger partial charge in [0.05, 0.1) is 16.4 Å². The highest BCUT2D eigenvalue weighted by molar-refractivity contribution is 8.49. The van der Waals surface area contributed by atoms with Gasteiger partial charge in [-0.3, -0.25) is 0 Å². The Morgan fingerprint density at radius 1 is 0.512 bits per heavy atom. The van der Waals surface area contributed by atoms with Gasteiger partial charge in [-0.15, -0.1) is 0 Å². The standard InChI is InChI=1S/C30H16F10S/c1-17-3-6-23(26(31)11-17)20-5-8-24(30(35)15-20)21-12-18(2)22(29(34)16-21)7-4-19-13-27(32)25(28(33)14-19)9-10-41(36,37,38,39)40/h3,5-6,8,11-16H,1-2H3. The Balaban J connectivity index is 1.65. The molecule has 0 aliphatic rings. The molecule has 4 aromatic carbocycles. The molecule has 4 rings (SSSR count). The number of hydrogen-bond donors (Lipinski definition) is 0. The summed E-state index contributed by atoms with van der Waals surface area (Å²) in [5.74, 6) is -0.172. The van der Waals surface area contributed by atoms with E-state index in [4.69, 9.17) is 0 Å². The molecular formula is C30H16F10S. The summed E-state index contributed by atoms with van der Waals surface area (Å²) in [6.45, 7) is 3.14. The van der Waals surface area contributed by atoms with Crippen molar-refractivity contribution in [1.29, 1.82) is 0 Å². The van der Waals surface area contributed by atoms with E-state index in [0.717, 1.165) is 18.1 Å². The van der Waals surface area contributed by atoms with Crippen molar-refractivity contribution in [3.8, 4) is 45.3 Å².